The number of nitrogens with one attached hydrogen (secondary N) is 1. The fourth-order valence-electron chi connectivity index (χ4n) is 3.34. The van der Waals surface area contributed by atoms with Gasteiger partial charge >= 0.3 is 0 Å². The Bertz CT molecular complexity index is 938. The SMILES string of the molecule is N#Cc1ccsc1NC(=O)CN1CCCC[C@@H]1c1nc2ccccc2s1. The first kappa shape index (κ1) is 17.2. The Balaban J connectivity index is 1.50. The minimum Gasteiger partial charge on any atom is -0.315 e. The first-order valence-corrected chi connectivity index (χ1v) is 10.3. The molecule has 1 aliphatic rings. The van der Waals surface area contributed by atoms with Crippen LogP contribution < -0.4 is 5.32 Å². The summed E-state index contributed by atoms with van der Waals surface area (Å²) in [6.07, 6.45) is 3.27. The second-order valence-electron chi connectivity index (χ2n) is 6.33. The Morgan fingerprint density at radius 3 is 3.08 bits per heavy atom. The van der Waals surface area contributed by atoms with Crippen LogP contribution in [0.15, 0.2) is 35.7 Å². The molecule has 26 heavy (non-hydrogen) atoms. The number of anilines is 1. The summed E-state index contributed by atoms with van der Waals surface area (Å²) in [5.74, 6) is -0.0723. The molecule has 1 saturated heterocycles. The number of nitrogens with zero attached hydrogens (tertiary/aromatic N) is 3. The number of piperidine rings is 1. The van der Waals surface area contributed by atoms with Crippen molar-refractivity contribution in [3.63, 3.8) is 0 Å². The van der Waals surface area contributed by atoms with Gasteiger partial charge in [-0.25, -0.2) is 4.98 Å². The molecular formula is C19H18N4OS2. The normalized spacial score (nSPS) is 17.9. The third-order valence-electron chi connectivity index (χ3n) is 4.59. The molecule has 1 N–H and O–H groups in total. The summed E-state index contributed by atoms with van der Waals surface area (Å²) in [5.41, 5.74) is 1.55. The predicted octanol–water partition coefficient (Wildman–Crippen LogP) is 4.40. The molecule has 3 aromatic rings. The number of benzene rings is 1. The van der Waals surface area contributed by atoms with Crippen molar-refractivity contribution < 1.29 is 4.79 Å². The molecule has 7 heteroatoms. The highest BCUT2D eigenvalue weighted by Gasteiger charge is 2.28. The average Bonchev–Trinajstić information content (AvgIpc) is 3.28. The van der Waals surface area contributed by atoms with Crippen molar-refractivity contribution in [2.24, 2.45) is 0 Å². The summed E-state index contributed by atoms with van der Waals surface area (Å²) in [5, 5.41) is 15.5. The van der Waals surface area contributed by atoms with Crippen LogP contribution in [-0.2, 0) is 4.79 Å². The third-order valence-corrected chi connectivity index (χ3v) is 6.56. The molecule has 1 aliphatic heterocycles. The maximum absolute atomic E-state index is 12.5. The quantitative estimate of drug-likeness (QED) is 0.726. The van der Waals surface area contributed by atoms with Crippen molar-refractivity contribution in [2.45, 2.75) is 25.3 Å². The summed E-state index contributed by atoms with van der Waals surface area (Å²) in [7, 11) is 0. The van der Waals surface area contributed by atoms with Gasteiger partial charge in [0.25, 0.3) is 0 Å². The zero-order chi connectivity index (χ0) is 17.9. The number of nitriles is 1. The lowest BCUT2D eigenvalue weighted by molar-refractivity contribution is -0.118. The molecule has 0 spiro atoms. The van der Waals surface area contributed by atoms with Crippen LogP contribution in [-0.4, -0.2) is 28.9 Å². The number of carbonyl (C=O) groups is 1. The highest BCUT2D eigenvalue weighted by atomic mass is 32.1. The highest BCUT2D eigenvalue weighted by molar-refractivity contribution is 7.18. The summed E-state index contributed by atoms with van der Waals surface area (Å²) >= 11 is 3.10. The highest BCUT2D eigenvalue weighted by Crippen LogP contribution is 2.35. The molecule has 1 aromatic carbocycles. The van der Waals surface area contributed by atoms with E-state index in [9.17, 15) is 4.79 Å². The minimum absolute atomic E-state index is 0.0723. The lowest BCUT2D eigenvalue weighted by atomic mass is 10.0. The van der Waals surface area contributed by atoms with Crippen molar-refractivity contribution in [3.8, 4) is 6.07 Å². The Morgan fingerprint density at radius 2 is 2.23 bits per heavy atom. The van der Waals surface area contributed by atoms with Gasteiger partial charge in [-0.05, 0) is 43.0 Å². The second-order valence-corrected chi connectivity index (χ2v) is 8.30. The number of hydrogen-bond donors (Lipinski definition) is 1. The van der Waals surface area contributed by atoms with Gasteiger partial charge in [0.05, 0.1) is 28.4 Å². The topological polar surface area (TPSA) is 69.0 Å². The fourth-order valence-corrected chi connectivity index (χ4v) is 5.23. The molecule has 5 nitrogen and oxygen atoms in total. The molecular weight excluding hydrogens is 364 g/mol. The maximum Gasteiger partial charge on any atom is 0.239 e. The largest absolute Gasteiger partial charge is 0.315 e. The number of carbonyl (C=O) groups excluding carboxylic acids is 1. The zero-order valence-electron chi connectivity index (χ0n) is 14.1. The van der Waals surface area contributed by atoms with Gasteiger partial charge < -0.3 is 5.32 Å². The Morgan fingerprint density at radius 1 is 1.35 bits per heavy atom. The lowest BCUT2D eigenvalue weighted by Crippen LogP contribution is -2.39. The van der Waals surface area contributed by atoms with Crippen molar-refractivity contribution in [1.82, 2.24) is 9.88 Å². The first-order valence-electron chi connectivity index (χ1n) is 8.61. The van der Waals surface area contributed by atoms with Crippen LogP contribution >= 0.6 is 22.7 Å². The van der Waals surface area contributed by atoms with Gasteiger partial charge in [-0.2, -0.15) is 5.26 Å². The number of amides is 1. The van der Waals surface area contributed by atoms with E-state index in [1.54, 1.807) is 17.4 Å². The van der Waals surface area contributed by atoms with E-state index < -0.39 is 0 Å². The van der Waals surface area contributed by atoms with Crippen LogP contribution in [0.2, 0.25) is 0 Å². The van der Waals surface area contributed by atoms with Crippen LogP contribution in [0.1, 0.15) is 35.9 Å². The average molecular weight is 383 g/mol. The van der Waals surface area contributed by atoms with E-state index in [1.807, 2.05) is 23.6 Å². The van der Waals surface area contributed by atoms with Gasteiger partial charge in [0, 0.05) is 0 Å². The fraction of sp³-hybridized carbons (Fsp3) is 0.316. The molecule has 0 aliphatic carbocycles. The van der Waals surface area contributed by atoms with Crippen molar-refractivity contribution in [1.29, 1.82) is 5.26 Å². The summed E-state index contributed by atoms with van der Waals surface area (Å²) in [4.78, 5) is 19.5. The van der Waals surface area contributed by atoms with Gasteiger partial charge in [0.2, 0.25) is 5.91 Å². The molecule has 1 atom stereocenters. The van der Waals surface area contributed by atoms with E-state index in [0.717, 1.165) is 36.3 Å². The molecule has 1 amide bonds. The summed E-state index contributed by atoms with van der Waals surface area (Å²) < 4.78 is 1.19. The molecule has 4 rings (SSSR count). The number of hydrogen-bond acceptors (Lipinski definition) is 6. The lowest BCUT2D eigenvalue weighted by Gasteiger charge is -2.33. The van der Waals surface area contributed by atoms with Gasteiger partial charge in [0.1, 0.15) is 16.1 Å². The van der Waals surface area contributed by atoms with Crippen LogP contribution in [0.4, 0.5) is 5.00 Å². The van der Waals surface area contributed by atoms with E-state index in [0.29, 0.717) is 17.1 Å². The second kappa shape index (κ2) is 7.54. The van der Waals surface area contributed by atoms with Crippen LogP contribution in [0.5, 0.6) is 0 Å². The van der Waals surface area contributed by atoms with Crippen LogP contribution in [0.3, 0.4) is 0 Å². The van der Waals surface area contributed by atoms with Crippen LogP contribution in [0, 0.1) is 11.3 Å². The van der Waals surface area contributed by atoms with Crippen molar-refractivity contribution >= 4 is 43.8 Å². The molecule has 0 unspecified atom stereocenters. The molecule has 1 fully saturated rings. The van der Waals surface area contributed by atoms with E-state index in [1.165, 1.54) is 16.0 Å². The number of aromatic nitrogens is 1. The smallest absolute Gasteiger partial charge is 0.239 e. The molecule has 2 aromatic heterocycles. The van der Waals surface area contributed by atoms with Gasteiger partial charge in [0.15, 0.2) is 0 Å². The number of thiophene rings is 1. The number of rotatable bonds is 4. The summed E-state index contributed by atoms with van der Waals surface area (Å²) in [6, 6.07) is 12.2. The monoisotopic (exact) mass is 382 g/mol. The number of fused-ring (bicyclic) bond motifs is 1. The molecule has 3 heterocycles. The maximum atomic E-state index is 12.5. The number of likely N-dealkylation sites (tertiary alicyclic amines) is 1. The molecule has 0 radical (unpaired) electrons. The summed E-state index contributed by atoms with van der Waals surface area (Å²) in [6.45, 7) is 1.22. The van der Waals surface area contributed by atoms with Gasteiger partial charge in [-0.1, -0.05) is 18.6 Å². The Labute approximate surface area is 159 Å². The molecule has 0 bridgehead atoms. The number of thiazole rings is 1. The van der Waals surface area contributed by atoms with E-state index in [4.69, 9.17) is 10.2 Å². The minimum atomic E-state index is -0.0723. The first-order chi connectivity index (χ1) is 12.7. The van der Waals surface area contributed by atoms with Crippen molar-refractivity contribution in [2.75, 3.05) is 18.4 Å². The van der Waals surface area contributed by atoms with Gasteiger partial charge in [-0.3, -0.25) is 9.69 Å². The third kappa shape index (κ3) is 3.49. The standard InChI is InChI=1S/C19H18N4OS2/c20-11-13-8-10-25-18(13)22-17(24)12-23-9-4-3-6-15(23)19-21-14-5-1-2-7-16(14)26-19/h1-2,5,7-8,10,15H,3-4,6,9,12H2,(H,22,24)/t15-/m1/s1. The van der Waals surface area contributed by atoms with E-state index >= 15 is 0 Å². The Kier molecular flexibility index (Phi) is 4.98. The molecule has 132 valence electrons. The molecule has 0 saturated carbocycles. The van der Waals surface area contributed by atoms with E-state index in [2.05, 4.69) is 22.4 Å². The van der Waals surface area contributed by atoms with Crippen LogP contribution in [0.25, 0.3) is 10.2 Å². The van der Waals surface area contributed by atoms with Gasteiger partial charge in [-0.15, -0.1) is 22.7 Å². The predicted molar refractivity (Wildman–Crippen MR) is 105 cm³/mol. The zero-order valence-corrected chi connectivity index (χ0v) is 15.8. The Hall–Kier alpha value is -2.27. The van der Waals surface area contributed by atoms with E-state index in [-0.39, 0.29) is 11.9 Å². The van der Waals surface area contributed by atoms with Crippen molar-refractivity contribution in [3.05, 3.63) is 46.3 Å². The number of para-hydroxylation sites is 1.